The molecule has 0 unspecified atom stereocenters. The van der Waals surface area contributed by atoms with Gasteiger partial charge in [-0.3, -0.25) is 0 Å². The number of nitrogens with zero attached hydrogens (tertiary/aromatic N) is 5. The summed E-state index contributed by atoms with van der Waals surface area (Å²) < 4.78 is 29.6. The maximum Gasteiger partial charge on any atom is 0.276 e. The molecule has 0 aliphatic heterocycles. The van der Waals surface area contributed by atoms with Gasteiger partial charge in [0.25, 0.3) is 10.0 Å². The Morgan fingerprint density at radius 2 is 1.44 bits per heavy atom. The first kappa shape index (κ1) is 15.6. The Labute approximate surface area is 152 Å². The summed E-state index contributed by atoms with van der Waals surface area (Å²) in [4.78, 5) is 11.2. The third-order valence-corrected chi connectivity index (χ3v) is 5.33. The molecular weight excluding hydrogens is 368 g/mol. The molecule has 4 aromatic rings. The first-order chi connectivity index (χ1) is 13.1. The second-order valence-corrected chi connectivity index (χ2v) is 7.41. The number of nitrogens with one attached hydrogen (secondary N) is 1. The highest BCUT2D eigenvalue weighted by atomic mass is 32.2. The maximum atomic E-state index is 12.5. The molecular formula is C17H10N6O3S. The van der Waals surface area contributed by atoms with Gasteiger partial charge >= 0.3 is 0 Å². The summed E-state index contributed by atoms with van der Waals surface area (Å²) in [6.45, 7) is 0. The van der Waals surface area contributed by atoms with Crippen molar-refractivity contribution in [1.82, 2.24) is 25.1 Å². The standard InChI is InChI=1S/C17H10N6O3S/c24-27(25,10-6-2-1-3-7-10)23-20-14-12-9-5-4-8-11(12)13-15(14)19-17-16(18-13)21-26-22-17/h1-9,23H/b20-14-. The fourth-order valence-corrected chi connectivity index (χ4v) is 3.72. The molecule has 1 aliphatic rings. The molecule has 2 aromatic heterocycles. The summed E-state index contributed by atoms with van der Waals surface area (Å²) in [7, 11) is -3.82. The highest BCUT2D eigenvalue weighted by Gasteiger charge is 2.30. The normalized spacial score (nSPS) is 14.3. The average Bonchev–Trinajstić information content (AvgIpc) is 3.27. The highest BCUT2D eigenvalue weighted by molar-refractivity contribution is 7.89. The molecule has 0 saturated heterocycles. The molecule has 2 aromatic carbocycles. The van der Waals surface area contributed by atoms with Gasteiger partial charge < -0.3 is 0 Å². The van der Waals surface area contributed by atoms with Crippen LogP contribution >= 0.6 is 0 Å². The molecule has 0 fully saturated rings. The lowest BCUT2D eigenvalue weighted by Gasteiger charge is -2.05. The van der Waals surface area contributed by atoms with E-state index in [9.17, 15) is 8.42 Å². The molecule has 0 bridgehead atoms. The summed E-state index contributed by atoms with van der Waals surface area (Å²) >= 11 is 0. The minimum Gasteiger partial charge on any atom is -0.240 e. The summed E-state index contributed by atoms with van der Waals surface area (Å²) in [5.41, 5.74) is 3.31. The quantitative estimate of drug-likeness (QED) is 0.474. The second kappa shape index (κ2) is 5.68. The van der Waals surface area contributed by atoms with Crippen molar-refractivity contribution >= 4 is 27.0 Å². The van der Waals surface area contributed by atoms with Gasteiger partial charge in [0.05, 0.1) is 4.90 Å². The SMILES string of the molecule is O=S(=O)(N/N=C1/c2ccccc2-c2nc3nonc3nc21)c1ccccc1. The predicted octanol–water partition coefficient (Wildman–Crippen LogP) is 1.72. The lowest BCUT2D eigenvalue weighted by atomic mass is 10.1. The number of benzene rings is 2. The van der Waals surface area contributed by atoms with Crippen molar-refractivity contribution in [2.24, 2.45) is 5.10 Å². The maximum absolute atomic E-state index is 12.5. The molecule has 0 radical (unpaired) electrons. The number of hydrazone groups is 1. The Hall–Kier alpha value is -3.66. The third kappa shape index (κ3) is 2.46. The molecule has 5 rings (SSSR count). The molecule has 27 heavy (non-hydrogen) atoms. The molecule has 0 amide bonds. The van der Waals surface area contributed by atoms with Crippen LogP contribution in [0, 0.1) is 0 Å². The van der Waals surface area contributed by atoms with Gasteiger partial charge in [0.2, 0.25) is 11.3 Å². The second-order valence-electron chi connectivity index (χ2n) is 5.75. The minimum atomic E-state index is -3.82. The van der Waals surface area contributed by atoms with E-state index in [2.05, 4.69) is 34.8 Å². The molecule has 0 atom stereocenters. The number of sulfonamides is 1. The van der Waals surface area contributed by atoms with Gasteiger partial charge in [-0.2, -0.15) is 18.4 Å². The largest absolute Gasteiger partial charge is 0.276 e. The molecule has 132 valence electrons. The summed E-state index contributed by atoms with van der Waals surface area (Å²) in [6.07, 6.45) is 0. The predicted molar refractivity (Wildman–Crippen MR) is 95.2 cm³/mol. The van der Waals surface area contributed by atoms with Crippen molar-refractivity contribution in [3.8, 4) is 11.3 Å². The number of rotatable bonds is 3. The van der Waals surface area contributed by atoms with E-state index >= 15 is 0 Å². The van der Waals surface area contributed by atoms with Crippen LogP contribution in [0.25, 0.3) is 22.6 Å². The first-order valence-corrected chi connectivity index (χ1v) is 9.37. The van der Waals surface area contributed by atoms with Crippen LogP contribution in [0.1, 0.15) is 11.3 Å². The number of fused-ring (bicyclic) bond motifs is 4. The van der Waals surface area contributed by atoms with Gasteiger partial charge in [0.1, 0.15) is 17.1 Å². The van der Waals surface area contributed by atoms with E-state index in [4.69, 9.17) is 0 Å². The number of hydrogen-bond donors (Lipinski definition) is 1. The summed E-state index contributed by atoms with van der Waals surface area (Å²) in [5.74, 6) is 0. The third-order valence-electron chi connectivity index (χ3n) is 4.11. The van der Waals surface area contributed by atoms with E-state index in [0.717, 1.165) is 5.56 Å². The van der Waals surface area contributed by atoms with E-state index in [1.165, 1.54) is 12.1 Å². The zero-order valence-corrected chi connectivity index (χ0v) is 14.4. The van der Waals surface area contributed by atoms with Crippen LogP contribution in [0.15, 0.2) is 69.2 Å². The van der Waals surface area contributed by atoms with Crippen molar-refractivity contribution in [1.29, 1.82) is 0 Å². The van der Waals surface area contributed by atoms with Crippen LogP contribution < -0.4 is 4.83 Å². The first-order valence-electron chi connectivity index (χ1n) is 7.88. The van der Waals surface area contributed by atoms with Crippen molar-refractivity contribution in [3.63, 3.8) is 0 Å². The van der Waals surface area contributed by atoms with Crippen LogP contribution in [0.2, 0.25) is 0 Å². The van der Waals surface area contributed by atoms with E-state index in [1.54, 1.807) is 18.2 Å². The average molecular weight is 378 g/mol. The molecule has 9 nitrogen and oxygen atoms in total. The van der Waals surface area contributed by atoms with E-state index in [1.807, 2.05) is 24.3 Å². The van der Waals surface area contributed by atoms with Gasteiger partial charge in [0.15, 0.2) is 0 Å². The van der Waals surface area contributed by atoms with Gasteiger partial charge in [-0.05, 0) is 22.4 Å². The van der Waals surface area contributed by atoms with Crippen molar-refractivity contribution < 1.29 is 13.0 Å². The van der Waals surface area contributed by atoms with Crippen LogP contribution in [-0.2, 0) is 10.0 Å². The zero-order chi connectivity index (χ0) is 18.4. The van der Waals surface area contributed by atoms with E-state index < -0.39 is 10.0 Å². The minimum absolute atomic E-state index is 0.114. The Balaban J connectivity index is 1.65. The fraction of sp³-hybridized carbons (Fsp3) is 0. The fourth-order valence-electron chi connectivity index (χ4n) is 2.89. The van der Waals surface area contributed by atoms with Gasteiger partial charge in [0, 0.05) is 11.1 Å². The molecule has 2 heterocycles. The molecule has 10 heteroatoms. The Morgan fingerprint density at radius 1 is 0.815 bits per heavy atom. The van der Waals surface area contributed by atoms with Crippen molar-refractivity contribution in [2.75, 3.05) is 0 Å². The van der Waals surface area contributed by atoms with Crippen molar-refractivity contribution in [2.45, 2.75) is 4.90 Å². The van der Waals surface area contributed by atoms with E-state index in [0.29, 0.717) is 22.7 Å². The molecule has 0 saturated carbocycles. The van der Waals surface area contributed by atoms with Crippen LogP contribution in [0.4, 0.5) is 0 Å². The highest BCUT2D eigenvalue weighted by Crippen LogP contribution is 2.35. The topological polar surface area (TPSA) is 123 Å². The number of hydrogen-bond acceptors (Lipinski definition) is 8. The van der Waals surface area contributed by atoms with Gasteiger partial charge in [-0.25, -0.2) is 14.6 Å². The lowest BCUT2D eigenvalue weighted by Crippen LogP contribution is -2.20. The smallest absolute Gasteiger partial charge is 0.240 e. The molecule has 1 aliphatic carbocycles. The summed E-state index contributed by atoms with van der Waals surface area (Å²) in [5, 5.41) is 11.5. The Bertz CT molecular complexity index is 1320. The lowest BCUT2D eigenvalue weighted by molar-refractivity contribution is 0.314. The van der Waals surface area contributed by atoms with Gasteiger partial charge in [-0.1, -0.05) is 42.5 Å². The van der Waals surface area contributed by atoms with Crippen molar-refractivity contribution in [3.05, 3.63) is 65.9 Å². The Kier molecular flexibility index (Phi) is 3.28. The van der Waals surface area contributed by atoms with Gasteiger partial charge in [-0.15, -0.1) is 0 Å². The monoisotopic (exact) mass is 378 g/mol. The zero-order valence-electron chi connectivity index (χ0n) is 13.6. The van der Waals surface area contributed by atoms with E-state index in [-0.39, 0.29) is 16.2 Å². The van der Waals surface area contributed by atoms with Crippen LogP contribution in [0.5, 0.6) is 0 Å². The molecule has 0 spiro atoms. The van der Waals surface area contributed by atoms with Crippen LogP contribution in [-0.4, -0.2) is 34.4 Å². The Morgan fingerprint density at radius 3 is 2.19 bits per heavy atom. The summed E-state index contributed by atoms with van der Waals surface area (Å²) in [6, 6.07) is 15.4. The number of aromatic nitrogens is 4. The van der Waals surface area contributed by atoms with Crippen LogP contribution in [0.3, 0.4) is 0 Å². The molecule has 1 N–H and O–H groups in total.